The van der Waals surface area contributed by atoms with Gasteiger partial charge in [-0.15, -0.1) is 11.3 Å². The van der Waals surface area contributed by atoms with Gasteiger partial charge >= 0.3 is 29.6 Å². The number of carboxylic acids is 1. The fourth-order valence-electron chi connectivity index (χ4n) is 5.14. The van der Waals surface area contributed by atoms with Crippen LogP contribution in [0.15, 0.2) is 66.0 Å². The monoisotopic (exact) mass is 613 g/mol. The minimum atomic E-state index is -0.962. The molecule has 2 heterocycles. The maximum absolute atomic E-state index is 11.4. The largest absolute Gasteiger partial charge is 1.00 e. The van der Waals surface area contributed by atoms with Crippen molar-refractivity contribution in [3.05, 3.63) is 99.0 Å². The zero-order valence-corrected chi connectivity index (χ0v) is 28.1. The topological polar surface area (TPSA) is 73.2 Å². The Kier molecular flexibility index (Phi) is 10.8. The summed E-state index contributed by atoms with van der Waals surface area (Å²) in [6.45, 7) is 3.65. The molecule has 41 heavy (non-hydrogen) atoms. The molecule has 2 aromatic carbocycles. The van der Waals surface area contributed by atoms with Crippen LogP contribution in [0.3, 0.4) is 0 Å². The SMILES string of the molecule is CC(C)(O)c1ccccc1CC[C@@H](SCC1(CC(=O)[O-])CC1)c1cccc(C=Cc2ccc3scc(Cl)c3n2)c1.[Na+]. The van der Waals surface area contributed by atoms with Crippen LogP contribution in [-0.2, 0) is 16.8 Å². The Bertz CT molecular complexity index is 1540. The van der Waals surface area contributed by atoms with Crippen LogP contribution in [0.5, 0.6) is 0 Å². The van der Waals surface area contributed by atoms with E-state index in [0.29, 0.717) is 5.02 Å². The first kappa shape index (κ1) is 32.3. The summed E-state index contributed by atoms with van der Waals surface area (Å²) in [5.41, 5.74) is 5.00. The Morgan fingerprint density at radius 3 is 2.68 bits per heavy atom. The van der Waals surface area contributed by atoms with Gasteiger partial charge in [0.15, 0.2) is 0 Å². The number of aliphatic hydroxyl groups is 1. The van der Waals surface area contributed by atoms with Crippen molar-refractivity contribution in [2.45, 2.75) is 56.8 Å². The molecule has 1 saturated carbocycles. The molecule has 4 nitrogen and oxygen atoms in total. The van der Waals surface area contributed by atoms with Gasteiger partial charge in [0.25, 0.3) is 0 Å². The Morgan fingerprint density at radius 2 is 1.95 bits per heavy atom. The second-order valence-corrected chi connectivity index (χ2v) is 13.8. The van der Waals surface area contributed by atoms with Crippen molar-refractivity contribution in [1.29, 1.82) is 0 Å². The minimum absolute atomic E-state index is 0. The number of fused-ring (bicyclic) bond motifs is 1. The molecule has 8 heteroatoms. The van der Waals surface area contributed by atoms with E-state index in [0.717, 1.165) is 64.0 Å². The van der Waals surface area contributed by atoms with E-state index in [4.69, 9.17) is 16.6 Å². The quantitative estimate of drug-likeness (QED) is 0.235. The molecule has 5 rings (SSSR count). The maximum atomic E-state index is 11.4. The van der Waals surface area contributed by atoms with Crippen LogP contribution in [-0.4, -0.2) is 21.8 Å². The molecule has 1 fully saturated rings. The van der Waals surface area contributed by atoms with Crippen LogP contribution in [0.1, 0.15) is 72.7 Å². The number of aromatic nitrogens is 1. The Hall–Kier alpha value is -1.64. The molecule has 1 N–H and O–H groups in total. The number of rotatable bonds is 12. The summed E-state index contributed by atoms with van der Waals surface area (Å²) in [6, 6.07) is 20.7. The standard InChI is InChI=1S/C33H34ClNO3S2.Na/c1-32(2,38)26-9-4-3-7-23(26)11-14-28(40-21-33(16-17-33)19-30(36)37)24-8-5-6-22(18-24)10-12-25-13-15-29-31(35-25)27(34)20-39-29;/h3-10,12-13,15,18,20,28,38H,11,14,16-17,19,21H2,1-2H3,(H,36,37);/q;+1/p-1/t28-;/m1./s1. The van der Waals surface area contributed by atoms with E-state index in [2.05, 4.69) is 36.4 Å². The third-order valence-corrected chi connectivity index (χ3v) is 10.6. The summed E-state index contributed by atoms with van der Waals surface area (Å²) in [5.74, 6) is -0.166. The summed E-state index contributed by atoms with van der Waals surface area (Å²) >= 11 is 9.72. The number of hydrogen-bond donors (Lipinski definition) is 1. The van der Waals surface area contributed by atoms with Gasteiger partial charge in [-0.25, -0.2) is 4.98 Å². The van der Waals surface area contributed by atoms with E-state index >= 15 is 0 Å². The normalized spacial score (nSPS) is 15.1. The Balaban J connectivity index is 0.00000387. The predicted molar refractivity (Wildman–Crippen MR) is 166 cm³/mol. The van der Waals surface area contributed by atoms with Gasteiger partial charge in [-0.3, -0.25) is 0 Å². The van der Waals surface area contributed by atoms with E-state index in [9.17, 15) is 15.0 Å². The number of halogens is 1. The van der Waals surface area contributed by atoms with E-state index in [-0.39, 0.29) is 46.6 Å². The Morgan fingerprint density at radius 1 is 1.17 bits per heavy atom. The second-order valence-electron chi connectivity index (χ2n) is 11.3. The molecule has 0 unspecified atom stereocenters. The number of carbonyl (C=O) groups is 1. The molecule has 0 amide bonds. The van der Waals surface area contributed by atoms with E-state index in [1.54, 1.807) is 11.3 Å². The van der Waals surface area contributed by atoms with Crippen LogP contribution in [0.4, 0.5) is 0 Å². The van der Waals surface area contributed by atoms with Crippen molar-refractivity contribution in [2.75, 3.05) is 5.75 Å². The third kappa shape index (κ3) is 8.47. The number of thiophene rings is 1. The summed E-state index contributed by atoms with van der Waals surface area (Å²) in [4.78, 5) is 16.1. The number of carboxylic acid groups (broad SMARTS) is 1. The molecule has 0 bridgehead atoms. The molecule has 0 saturated heterocycles. The molecule has 0 radical (unpaired) electrons. The molecule has 4 aromatic rings. The first-order chi connectivity index (χ1) is 19.1. The van der Waals surface area contributed by atoms with Crippen LogP contribution in [0.25, 0.3) is 22.4 Å². The molecular weight excluding hydrogens is 581 g/mol. The number of pyridine rings is 1. The second kappa shape index (κ2) is 13.8. The zero-order valence-electron chi connectivity index (χ0n) is 23.7. The maximum Gasteiger partial charge on any atom is 1.00 e. The molecular formula is C33H33ClNNaO3S2. The van der Waals surface area contributed by atoms with Crippen LogP contribution >= 0.6 is 34.7 Å². The summed E-state index contributed by atoms with van der Waals surface area (Å²) in [7, 11) is 0. The number of carbonyl (C=O) groups excluding carboxylic acids is 1. The van der Waals surface area contributed by atoms with Crippen LogP contribution < -0.4 is 34.7 Å². The van der Waals surface area contributed by atoms with Crippen molar-refractivity contribution in [1.82, 2.24) is 4.98 Å². The summed E-state index contributed by atoms with van der Waals surface area (Å²) in [5, 5.41) is 24.8. The average molecular weight is 614 g/mol. The van der Waals surface area contributed by atoms with Gasteiger partial charge in [-0.05, 0) is 97.6 Å². The first-order valence-corrected chi connectivity index (χ1v) is 15.9. The minimum Gasteiger partial charge on any atom is -0.550 e. The zero-order chi connectivity index (χ0) is 28.3. The first-order valence-electron chi connectivity index (χ1n) is 13.6. The average Bonchev–Trinajstić information content (AvgIpc) is 3.58. The number of aryl methyl sites for hydroxylation is 1. The van der Waals surface area contributed by atoms with Crippen LogP contribution in [0.2, 0.25) is 5.02 Å². The number of nitrogens with zero attached hydrogens (tertiary/aromatic N) is 1. The summed E-state index contributed by atoms with van der Waals surface area (Å²) < 4.78 is 1.07. The number of aliphatic carboxylic acids is 1. The van der Waals surface area contributed by atoms with Gasteiger partial charge in [0.1, 0.15) is 5.52 Å². The van der Waals surface area contributed by atoms with Gasteiger partial charge in [-0.2, -0.15) is 11.8 Å². The molecule has 0 aliphatic heterocycles. The van der Waals surface area contributed by atoms with Crippen molar-refractivity contribution < 1.29 is 44.6 Å². The van der Waals surface area contributed by atoms with E-state index in [1.165, 1.54) is 5.56 Å². The number of benzene rings is 2. The van der Waals surface area contributed by atoms with Gasteiger partial charge in [0, 0.05) is 16.6 Å². The number of hydrogen-bond acceptors (Lipinski definition) is 6. The van der Waals surface area contributed by atoms with Gasteiger partial charge in [0.05, 0.1) is 21.0 Å². The molecule has 0 spiro atoms. The summed E-state index contributed by atoms with van der Waals surface area (Å²) in [6.07, 6.45) is 7.78. The predicted octanol–water partition coefficient (Wildman–Crippen LogP) is 4.68. The Labute approximate surface area is 277 Å². The smallest absolute Gasteiger partial charge is 0.550 e. The van der Waals surface area contributed by atoms with Crippen LogP contribution in [0, 0.1) is 5.41 Å². The number of thioether (sulfide) groups is 1. The fourth-order valence-corrected chi connectivity index (χ4v) is 7.80. The van der Waals surface area contributed by atoms with E-state index < -0.39 is 11.6 Å². The van der Waals surface area contributed by atoms with Crippen molar-refractivity contribution in [3.63, 3.8) is 0 Å². The van der Waals surface area contributed by atoms with Crippen molar-refractivity contribution in [2.24, 2.45) is 5.41 Å². The molecule has 1 aliphatic rings. The third-order valence-electron chi connectivity index (χ3n) is 7.54. The molecule has 1 atom stereocenters. The molecule has 1 aliphatic carbocycles. The van der Waals surface area contributed by atoms with Gasteiger partial charge < -0.3 is 15.0 Å². The van der Waals surface area contributed by atoms with Crippen molar-refractivity contribution >= 4 is 63.0 Å². The van der Waals surface area contributed by atoms with Gasteiger partial charge in [0.2, 0.25) is 0 Å². The fraction of sp³-hybridized carbons (Fsp3) is 0.333. The van der Waals surface area contributed by atoms with Gasteiger partial charge in [-0.1, -0.05) is 66.2 Å². The molecule has 2 aromatic heterocycles. The molecule has 208 valence electrons. The van der Waals surface area contributed by atoms with Crippen molar-refractivity contribution in [3.8, 4) is 0 Å². The van der Waals surface area contributed by atoms with E-state index in [1.807, 2.05) is 67.4 Å².